The standard InChI is InChI=1S/C69H63Si.3ClH.Ti/c1-51-50-69(4,53(3)52(51)2)70(66-38-35-60(41-54-23-11-5-12-24-54)47-63(66)44-57-29-17-8-18-30-57,67-39-36-61(42-55-25-13-6-14-26-55)48-64(67)45-58-31-19-9-20-32-58)68-40-37-62(43-56-27-15-7-16-28-56)49-65(68)46-59-33-21-10-22-34-59;;;;/h5-40,47-49H,41-46H2,1-4H3;3*1H;/q;;;;+3/p-3. The van der Waals surface area contributed by atoms with Crippen LogP contribution < -0.4 is 52.8 Å². The Kier molecular flexibility index (Phi) is 19.1. The molecule has 1 atom stereocenters. The summed E-state index contributed by atoms with van der Waals surface area (Å²) < 4.78 is 1.50. The Morgan fingerprint density at radius 3 is 0.784 bits per heavy atom. The van der Waals surface area contributed by atoms with Gasteiger partial charge in [-0.2, -0.15) is 0 Å². The molecular formula is C69H63Cl3SiTi. The molecule has 0 aliphatic heterocycles. The quantitative estimate of drug-likeness (QED) is 0.0870. The van der Waals surface area contributed by atoms with Gasteiger partial charge in [0.25, 0.3) is 0 Å². The number of benzene rings is 9. The van der Waals surface area contributed by atoms with Crippen LogP contribution in [-0.2, 0) is 59.0 Å². The van der Waals surface area contributed by atoms with Crippen molar-refractivity contribution in [3.8, 4) is 0 Å². The monoisotopic (exact) mass is 1070 g/mol. The van der Waals surface area contributed by atoms with Gasteiger partial charge in [-0.25, -0.2) is 0 Å². The van der Waals surface area contributed by atoms with Crippen molar-refractivity contribution in [2.75, 3.05) is 0 Å². The fourth-order valence-electron chi connectivity index (χ4n) is 11.9. The maximum atomic E-state index is 2.67. The molecule has 368 valence electrons. The van der Waals surface area contributed by atoms with E-state index < -0.39 is 8.07 Å². The minimum absolute atomic E-state index is 0. The normalized spacial score (nSPS) is 14.2. The van der Waals surface area contributed by atoms with Crippen molar-refractivity contribution in [2.45, 2.75) is 71.3 Å². The predicted octanol–water partition coefficient (Wildman–Crippen LogP) is 5.64. The van der Waals surface area contributed by atoms with Crippen molar-refractivity contribution in [1.82, 2.24) is 0 Å². The van der Waals surface area contributed by atoms with Gasteiger partial charge in [0.05, 0.1) is 0 Å². The Morgan fingerprint density at radius 2 is 0.554 bits per heavy atom. The summed E-state index contributed by atoms with van der Waals surface area (Å²) in [6.45, 7) is 9.95. The molecule has 1 aliphatic carbocycles. The Labute approximate surface area is 472 Å². The van der Waals surface area contributed by atoms with Crippen molar-refractivity contribution in [1.29, 1.82) is 0 Å². The van der Waals surface area contributed by atoms with E-state index in [1.807, 2.05) is 0 Å². The molecule has 0 saturated carbocycles. The topological polar surface area (TPSA) is 0 Å². The van der Waals surface area contributed by atoms with E-state index in [1.165, 1.54) is 103 Å². The number of halogens is 3. The van der Waals surface area contributed by atoms with Gasteiger partial charge in [-0.05, 0) is 0 Å². The Hall–Kier alpha value is -5.74. The summed E-state index contributed by atoms with van der Waals surface area (Å²) in [7, 11) is -3.38. The maximum absolute atomic E-state index is 3.38. The number of allylic oxidation sites excluding steroid dienone is 4. The van der Waals surface area contributed by atoms with Crippen LogP contribution in [0.3, 0.4) is 0 Å². The number of rotatable bonds is 16. The second-order valence-electron chi connectivity index (χ2n) is 20.1. The van der Waals surface area contributed by atoms with Gasteiger partial charge in [0.1, 0.15) is 0 Å². The van der Waals surface area contributed by atoms with E-state index in [1.54, 1.807) is 0 Å². The van der Waals surface area contributed by atoms with Gasteiger partial charge in [-0.3, -0.25) is 0 Å². The van der Waals surface area contributed by atoms with E-state index in [0.29, 0.717) is 0 Å². The number of hydrogen-bond donors (Lipinski definition) is 0. The van der Waals surface area contributed by atoms with Crippen LogP contribution in [0.1, 0.15) is 94.5 Å². The Morgan fingerprint density at radius 1 is 0.311 bits per heavy atom. The largest absolute Gasteiger partial charge is 1.00 e. The smallest absolute Gasteiger partial charge is 1.00 e. The van der Waals surface area contributed by atoms with Gasteiger partial charge in [-0.15, -0.1) is 0 Å². The summed E-state index contributed by atoms with van der Waals surface area (Å²) in [6.07, 6.45) is 5.16. The van der Waals surface area contributed by atoms with Crippen LogP contribution in [-0.4, -0.2) is 8.07 Å². The molecule has 0 saturated heterocycles. The first-order chi connectivity index (χ1) is 34.7. The zero-order chi connectivity index (χ0) is 48.8. The minimum atomic E-state index is -3.38. The first kappa shape index (κ1) is 56.0. The van der Waals surface area contributed by atoms with Crippen molar-refractivity contribution >= 4 is 23.6 Å². The molecule has 1 aliphatic rings. The third-order valence-electron chi connectivity index (χ3n) is 15.7. The molecule has 0 aromatic heterocycles. The van der Waals surface area contributed by atoms with Crippen molar-refractivity contribution in [2.24, 2.45) is 0 Å². The fraction of sp³-hybridized carbons (Fsp3) is 0.159. The average Bonchev–Trinajstić information content (AvgIpc) is 3.55. The molecule has 10 rings (SSSR count). The van der Waals surface area contributed by atoms with Gasteiger partial charge < -0.3 is 37.2 Å². The van der Waals surface area contributed by atoms with E-state index in [9.17, 15) is 0 Å². The van der Waals surface area contributed by atoms with E-state index in [4.69, 9.17) is 0 Å². The second-order valence-corrected chi connectivity index (χ2v) is 25.0. The zero-order valence-electron chi connectivity index (χ0n) is 42.9. The zero-order valence-corrected chi connectivity index (χ0v) is 47.7. The first-order valence-electron chi connectivity index (χ1n) is 25.4. The molecule has 0 bridgehead atoms. The van der Waals surface area contributed by atoms with Crippen LogP contribution in [0, 0.1) is 0 Å². The van der Waals surface area contributed by atoms with E-state index in [0.717, 1.165) is 38.5 Å². The molecule has 0 amide bonds. The first-order valence-corrected chi connectivity index (χ1v) is 28.2. The molecule has 0 heterocycles. The summed E-state index contributed by atoms with van der Waals surface area (Å²) in [5.41, 5.74) is 20.7. The second kappa shape index (κ2) is 25.2. The predicted molar refractivity (Wildman–Crippen MR) is 299 cm³/mol. The summed E-state index contributed by atoms with van der Waals surface area (Å²) in [6, 6.07) is 90.0. The number of hydrogen-bond acceptors (Lipinski definition) is 0. The SMILES string of the molecule is CC1=C(C)C(C)([Si](c2ccc(Cc3ccccc3)cc2Cc2ccccc2)(c2ccc(Cc3ccccc3)cc2Cc2ccccc2)c2ccc(Cc3ccccc3)cc2Cc2ccccc2)[C]([Ti+3])=C1C.[Cl-].[Cl-].[Cl-]. The molecule has 0 N–H and O–H groups in total. The van der Waals surface area contributed by atoms with E-state index in [2.05, 4.69) is 285 Å². The molecular weight excluding hydrogens is 1010 g/mol. The Bertz CT molecular complexity index is 3000. The summed E-state index contributed by atoms with van der Waals surface area (Å²) in [5.74, 6) is 0. The van der Waals surface area contributed by atoms with Crippen molar-refractivity contribution in [3.63, 3.8) is 0 Å². The summed E-state index contributed by atoms with van der Waals surface area (Å²) in [4.78, 5) is 0. The van der Waals surface area contributed by atoms with Gasteiger partial charge >= 0.3 is 439 Å². The molecule has 0 radical (unpaired) electrons. The Balaban J connectivity index is 0.00000267. The molecule has 0 spiro atoms. The minimum Gasteiger partial charge on any atom is -1.00 e. The van der Waals surface area contributed by atoms with Crippen LogP contribution in [0.25, 0.3) is 0 Å². The maximum Gasteiger partial charge on any atom is -1.00 e. The van der Waals surface area contributed by atoms with Crippen LogP contribution >= 0.6 is 0 Å². The molecule has 5 heteroatoms. The molecule has 9 aromatic rings. The van der Waals surface area contributed by atoms with E-state index in [-0.39, 0.29) is 42.3 Å². The van der Waals surface area contributed by atoms with Crippen molar-refractivity contribution < 1.29 is 57.7 Å². The molecule has 0 fully saturated rings. The molecule has 9 aromatic carbocycles. The summed E-state index contributed by atoms with van der Waals surface area (Å²) >= 11 is 2.49. The van der Waals surface area contributed by atoms with Crippen LogP contribution in [0.5, 0.6) is 0 Å². The van der Waals surface area contributed by atoms with E-state index >= 15 is 0 Å². The average molecular weight is 1070 g/mol. The van der Waals surface area contributed by atoms with Gasteiger partial charge in [-0.1, -0.05) is 0 Å². The van der Waals surface area contributed by atoms with Crippen LogP contribution in [0.2, 0.25) is 5.04 Å². The third kappa shape index (κ3) is 11.6. The van der Waals surface area contributed by atoms with Gasteiger partial charge in [0, 0.05) is 0 Å². The van der Waals surface area contributed by atoms with Crippen LogP contribution in [0.4, 0.5) is 0 Å². The van der Waals surface area contributed by atoms with Crippen LogP contribution in [0.15, 0.2) is 257 Å². The van der Waals surface area contributed by atoms with Gasteiger partial charge in [0.15, 0.2) is 0 Å². The van der Waals surface area contributed by atoms with Crippen molar-refractivity contribution in [3.05, 3.63) is 324 Å². The molecule has 0 nitrogen and oxygen atoms in total. The molecule has 1 unspecified atom stereocenters. The molecule has 74 heavy (non-hydrogen) atoms. The summed E-state index contributed by atoms with van der Waals surface area (Å²) in [5, 5.41) is 4.19. The third-order valence-corrected chi connectivity index (χ3v) is 23.5. The van der Waals surface area contributed by atoms with Gasteiger partial charge in [0.2, 0.25) is 0 Å². The fourth-order valence-corrected chi connectivity index (χ4v) is 20.1.